The molecule has 16 heteroatoms. The van der Waals surface area contributed by atoms with E-state index in [1.807, 2.05) is 36.4 Å². The number of carboxylic acids is 1. The SMILES string of the molecule is CC(C)(C)OC(=O)c1c(-c2ccc(Cl)cc2)csc1NC(=O)C(Cl)Cc1ccccc1Cl.O=C(O)c1c(-c2ccc(Cl)cc2)csc1NC(=O)C(Cl)Cc1ccccc1Cl. The third-order valence-electron chi connectivity index (χ3n) is 8.47. The number of halogens is 6. The number of ether oxygens (including phenoxy) is 1. The quantitative estimate of drug-likeness (QED) is 0.0829. The van der Waals surface area contributed by atoms with Crippen LogP contribution in [0.25, 0.3) is 22.3 Å². The first-order chi connectivity index (χ1) is 28.4. The summed E-state index contributed by atoms with van der Waals surface area (Å²) in [4.78, 5) is 50.2. The summed E-state index contributed by atoms with van der Waals surface area (Å²) < 4.78 is 5.60. The van der Waals surface area contributed by atoms with Crippen molar-refractivity contribution in [1.82, 2.24) is 0 Å². The van der Waals surface area contributed by atoms with E-state index in [-0.39, 0.29) is 29.0 Å². The number of aromatic carboxylic acids is 1. The van der Waals surface area contributed by atoms with Gasteiger partial charge in [-0.3, -0.25) is 9.59 Å². The number of hydrogen-bond donors (Lipinski definition) is 3. The van der Waals surface area contributed by atoms with Gasteiger partial charge in [0.2, 0.25) is 11.8 Å². The second-order valence-corrected chi connectivity index (χ2v) is 18.5. The van der Waals surface area contributed by atoms with Crippen molar-refractivity contribution in [3.05, 3.63) is 150 Å². The molecule has 4 aromatic carbocycles. The Morgan fingerprint density at radius 3 is 1.38 bits per heavy atom. The van der Waals surface area contributed by atoms with E-state index in [4.69, 9.17) is 74.3 Å². The fourth-order valence-corrected chi connectivity index (χ4v) is 8.65. The highest BCUT2D eigenvalue weighted by atomic mass is 35.5. The van der Waals surface area contributed by atoms with E-state index in [0.717, 1.165) is 28.0 Å². The van der Waals surface area contributed by atoms with E-state index >= 15 is 0 Å². The number of amides is 2. The summed E-state index contributed by atoms with van der Waals surface area (Å²) in [5, 5.41) is 19.6. The number of rotatable bonds is 12. The van der Waals surface area contributed by atoms with Gasteiger partial charge >= 0.3 is 11.9 Å². The van der Waals surface area contributed by atoms with Gasteiger partial charge in [-0.2, -0.15) is 0 Å². The molecule has 2 atom stereocenters. The highest BCUT2D eigenvalue weighted by Gasteiger charge is 2.29. The topological polar surface area (TPSA) is 122 Å². The summed E-state index contributed by atoms with van der Waals surface area (Å²) in [7, 11) is 0. The monoisotopic (exact) mass is 962 g/mol. The molecule has 0 aliphatic rings. The number of esters is 1. The highest BCUT2D eigenvalue weighted by Crippen LogP contribution is 2.39. The van der Waals surface area contributed by atoms with Crippen molar-refractivity contribution < 1.29 is 29.0 Å². The number of thiophene rings is 2. The Kier molecular flexibility index (Phi) is 16.5. The minimum atomic E-state index is -1.14. The molecule has 0 aliphatic carbocycles. The van der Waals surface area contributed by atoms with E-state index in [1.54, 1.807) is 92.2 Å². The molecule has 2 amide bonds. The van der Waals surface area contributed by atoms with Crippen LogP contribution in [0.15, 0.2) is 108 Å². The molecule has 312 valence electrons. The van der Waals surface area contributed by atoms with E-state index in [1.165, 1.54) is 11.3 Å². The number of benzene rings is 4. The molecule has 60 heavy (non-hydrogen) atoms. The van der Waals surface area contributed by atoms with Crippen LogP contribution in [0.2, 0.25) is 20.1 Å². The number of carbonyl (C=O) groups excluding carboxylic acids is 3. The Morgan fingerprint density at radius 2 is 1.00 bits per heavy atom. The predicted molar refractivity (Wildman–Crippen MR) is 249 cm³/mol. The molecule has 2 unspecified atom stereocenters. The molecule has 2 aromatic heterocycles. The van der Waals surface area contributed by atoms with E-state index in [9.17, 15) is 24.3 Å². The Hall–Kier alpha value is -4.10. The second kappa shape index (κ2) is 21.1. The van der Waals surface area contributed by atoms with Crippen LogP contribution < -0.4 is 10.6 Å². The van der Waals surface area contributed by atoms with Gasteiger partial charge in [-0.1, -0.05) is 107 Å². The molecule has 6 aromatic rings. The van der Waals surface area contributed by atoms with Crippen LogP contribution >= 0.6 is 92.3 Å². The van der Waals surface area contributed by atoms with Crippen molar-refractivity contribution >= 4 is 126 Å². The molecule has 6 rings (SSSR count). The lowest BCUT2D eigenvalue weighted by Gasteiger charge is -2.20. The summed E-state index contributed by atoms with van der Waals surface area (Å²) in [6, 6.07) is 28.2. The molecule has 0 bridgehead atoms. The molecule has 2 heterocycles. The van der Waals surface area contributed by atoms with Crippen molar-refractivity contribution in [2.75, 3.05) is 10.6 Å². The fraction of sp³-hybridized carbons (Fsp3) is 0.182. The molecule has 0 saturated carbocycles. The minimum Gasteiger partial charge on any atom is -0.478 e. The molecule has 8 nitrogen and oxygen atoms in total. The Bertz CT molecular complexity index is 2480. The van der Waals surface area contributed by atoms with Gasteiger partial charge in [-0.05, 0) is 92.3 Å². The van der Waals surface area contributed by atoms with Crippen LogP contribution in [0.5, 0.6) is 0 Å². The number of hydrogen-bond acceptors (Lipinski definition) is 7. The van der Waals surface area contributed by atoms with Gasteiger partial charge in [-0.25, -0.2) is 9.59 Å². The second-order valence-electron chi connectivity index (χ2n) is 14.0. The van der Waals surface area contributed by atoms with Gasteiger partial charge in [0.1, 0.15) is 37.5 Å². The number of nitrogens with one attached hydrogen (secondary N) is 2. The zero-order valence-electron chi connectivity index (χ0n) is 32.0. The summed E-state index contributed by atoms with van der Waals surface area (Å²) in [6.07, 6.45) is 0.481. The molecule has 0 fully saturated rings. The van der Waals surface area contributed by atoms with Crippen molar-refractivity contribution in [1.29, 1.82) is 0 Å². The van der Waals surface area contributed by atoms with Crippen LogP contribution in [0.1, 0.15) is 52.6 Å². The van der Waals surface area contributed by atoms with Crippen molar-refractivity contribution in [3.8, 4) is 22.3 Å². The van der Waals surface area contributed by atoms with Gasteiger partial charge in [0.15, 0.2) is 0 Å². The first-order valence-electron chi connectivity index (χ1n) is 18.0. The fourth-order valence-electron chi connectivity index (χ4n) is 5.61. The van der Waals surface area contributed by atoms with Crippen LogP contribution in [0.4, 0.5) is 10.0 Å². The largest absolute Gasteiger partial charge is 0.478 e. The third-order valence-corrected chi connectivity index (χ3v) is 12.2. The highest BCUT2D eigenvalue weighted by molar-refractivity contribution is 7.15. The van der Waals surface area contributed by atoms with Gasteiger partial charge in [-0.15, -0.1) is 45.9 Å². The first kappa shape index (κ1) is 47.0. The molecular weight excluding hydrogens is 929 g/mol. The Labute approximate surface area is 385 Å². The normalized spacial score (nSPS) is 12.1. The number of carboxylic acid groups (broad SMARTS) is 1. The number of carbonyl (C=O) groups is 4. The van der Waals surface area contributed by atoms with Crippen LogP contribution in [0.3, 0.4) is 0 Å². The average molecular weight is 966 g/mol. The van der Waals surface area contributed by atoms with Crippen LogP contribution in [-0.2, 0) is 27.2 Å². The maximum atomic E-state index is 13.0. The van der Waals surface area contributed by atoms with E-state index in [2.05, 4.69) is 10.6 Å². The van der Waals surface area contributed by atoms with E-state index in [0.29, 0.717) is 41.8 Å². The lowest BCUT2D eigenvalue weighted by molar-refractivity contribution is -0.116. The third kappa shape index (κ3) is 12.7. The summed E-state index contributed by atoms with van der Waals surface area (Å²) >= 11 is 39.2. The van der Waals surface area contributed by atoms with E-state index < -0.39 is 40.1 Å². The maximum absolute atomic E-state index is 13.0. The summed E-state index contributed by atoms with van der Waals surface area (Å²) in [6.45, 7) is 5.36. The van der Waals surface area contributed by atoms with Gasteiger partial charge in [0.05, 0.1) is 0 Å². The predicted octanol–water partition coefficient (Wildman–Crippen LogP) is 13.7. The zero-order chi connectivity index (χ0) is 43.7. The molecule has 0 spiro atoms. The number of alkyl halides is 2. The van der Waals surface area contributed by atoms with Crippen LogP contribution in [0, 0.1) is 0 Å². The van der Waals surface area contributed by atoms with Gasteiger partial charge in [0.25, 0.3) is 0 Å². The molecule has 0 saturated heterocycles. The first-order valence-corrected chi connectivity index (χ1v) is 22.1. The standard InChI is InChI=1S/C24H22Cl3NO3S.C20H14Cl3NO3S/c1-24(2,3)31-23(30)20-17(14-8-10-16(25)11-9-14)13-32-22(20)28-21(29)19(27)12-15-6-4-5-7-18(15)26;21-13-7-5-11(6-8-13)14-10-28-19(17(14)20(26)27)24-18(25)16(23)9-12-3-1-2-4-15(12)22/h4-11,13,19H,12H2,1-3H3,(H,28,29);1-8,10,16H,9H2,(H,24,25)(H,26,27). The average Bonchev–Trinajstić information content (AvgIpc) is 3.81. The molecular formula is C44H36Cl6N2O6S2. The lowest BCUT2D eigenvalue weighted by Crippen LogP contribution is -2.27. The van der Waals surface area contributed by atoms with Crippen molar-refractivity contribution in [2.24, 2.45) is 0 Å². The smallest absolute Gasteiger partial charge is 0.342 e. The zero-order valence-corrected chi connectivity index (χ0v) is 38.2. The van der Waals surface area contributed by atoms with Crippen molar-refractivity contribution in [2.45, 2.75) is 50.0 Å². The number of anilines is 2. The van der Waals surface area contributed by atoms with Gasteiger partial charge in [0, 0.05) is 42.0 Å². The molecule has 0 aliphatic heterocycles. The molecule has 0 radical (unpaired) electrons. The minimum absolute atomic E-state index is 0.0160. The Balaban J connectivity index is 0.000000230. The summed E-state index contributed by atoms with van der Waals surface area (Å²) in [5.74, 6) is -2.59. The maximum Gasteiger partial charge on any atom is 0.342 e. The Morgan fingerprint density at radius 1 is 0.617 bits per heavy atom. The molecule has 3 N–H and O–H groups in total. The summed E-state index contributed by atoms with van der Waals surface area (Å²) in [5.41, 5.74) is 3.73. The van der Waals surface area contributed by atoms with Gasteiger partial charge < -0.3 is 20.5 Å². The lowest BCUT2D eigenvalue weighted by atomic mass is 10.0. The van der Waals surface area contributed by atoms with Crippen molar-refractivity contribution in [3.63, 3.8) is 0 Å². The van der Waals surface area contributed by atoms with Crippen LogP contribution in [-0.4, -0.2) is 45.2 Å².